The molecule has 14 N–H and O–H groups in total. The molecular weight excluding hydrogens is 1320 g/mol. The molecule has 3 aliphatic heterocycles. The summed E-state index contributed by atoms with van der Waals surface area (Å²) in [4.78, 5) is 151. The SMILES string of the molecule is CC[C@@]1(O)C(=O)OCc2c1cc1n(c2=O)Cc2c-1nc1cc(F)c(C)c3c1c2[C@@H](NC(=O)[C@@H](CO)OCNC(=O)CNC(=O)[C@H](Cc1ccccc1)NC(=O)CNC(=O)CNC(=O)[C@H](CCC(=O)NC[C@H]1O[C@@H](CC(N)=O)[C@H](O)[C@@H]1O)NC(=O)OCC1c2ccccc2-c2ccccc21)CC3. The first-order chi connectivity index (χ1) is 48.5. The van der Waals surface area contributed by atoms with Gasteiger partial charge in [-0.2, -0.15) is 0 Å². The third-order valence-corrected chi connectivity index (χ3v) is 18.9. The van der Waals surface area contributed by atoms with E-state index in [9.17, 15) is 73.2 Å². The van der Waals surface area contributed by atoms with E-state index < -0.39 is 164 Å². The predicted molar refractivity (Wildman–Crippen MR) is 353 cm³/mol. The zero-order chi connectivity index (χ0) is 72.0. The highest BCUT2D eigenvalue weighted by Gasteiger charge is 2.47. The van der Waals surface area contributed by atoms with E-state index in [0.29, 0.717) is 39.6 Å². The first-order valence-electron chi connectivity index (χ1n) is 32.9. The van der Waals surface area contributed by atoms with E-state index in [1.54, 1.807) is 44.2 Å². The molecule has 6 aromatic rings. The minimum Gasteiger partial charge on any atom is -0.458 e. The molecule has 0 saturated carbocycles. The van der Waals surface area contributed by atoms with Crippen molar-refractivity contribution in [1.29, 1.82) is 0 Å². The Hall–Kier alpha value is -10.6. The van der Waals surface area contributed by atoms with Crippen molar-refractivity contribution >= 4 is 70.2 Å². The molecule has 9 atom stereocenters. The number of nitrogens with one attached hydrogen (secondary N) is 8. The van der Waals surface area contributed by atoms with E-state index in [0.717, 1.165) is 22.3 Å². The quantitative estimate of drug-likeness (QED) is 0.0214. The van der Waals surface area contributed by atoms with Crippen LogP contribution in [0.3, 0.4) is 0 Å². The van der Waals surface area contributed by atoms with Crippen molar-refractivity contribution in [1.82, 2.24) is 52.1 Å². The Balaban J connectivity index is 0.669. The number of aliphatic hydroxyl groups excluding tert-OH is 3. The summed E-state index contributed by atoms with van der Waals surface area (Å²) in [7, 11) is 0. The number of benzene rings is 4. The van der Waals surface area contributed by atoms with Crippen LogP contribution in [-0.2, 0) is 93.7 Å². The fourth-order valence-corrected chi connectivity index (χ4v) is 13.6. The standard InChI is InChI=1S/C70H76FN11O19/c1-3-70(97)44-22-50-61-41(29-82(50)67(94)43(44)32-98-68(70)95)60-46(18-17-36-34(2)45(71)23-48(79-61)59(36)60)80-66(93)53(30-83)100-33-77-57(87)27-76-65(92)49(21-35-11-5-4-6-12-35)78-58(88)28-74-56(86)26-75-64(91)47(19-20-55(85)73-25-52-63(90)62(89)51(101-52)24-54(72)84)81-69(96)99-31-42-39-15-9-7-13-37(39)38-14-8-10-16-40(38)42/h4-16,22-23,42,46-47,49,51-53,62-63,83,89-90,97H,3,17-21,24-33H2,1-2H3,(H2,72,84)(H,73,85)(H,74,86)(H,75,91)(H,76,92)(H,77,87)(H,78,88)(H,80,93)(H,81,96)/t46-,47-,49-,51-,52+,53+,62-,63+,70-/m0/s1. The van der Waals surface area contributed by atoms with Gasteiger partial charge in [0.15, 0.2) is 11.7 Å². The number of primary amides is 1. The number of rotatable bonds is 28. The van der Waals surface area contributed by atoms with Crippen LogP contribution in [0, 0.1) is 12.7 Å². The fraction of sp³-hybridized carbons (Fsp3) is 0.400. The molecule has 31 heteroatoms. The van der Waals surface area contributed by atoms with Gasteiger partial charge in [0, 0.05) is 47.9 Å². The van der Waals surface area contributed by atoms with Crippen LogP contribution in [0.15, 0.2) is 95.8 Å². The number of nitrogens with two attached hydrogens (primary N) is 1. The molecule has 532 valence electrons. The van der Waals surface area contributed by atoms with E-state index in [1.165, 1.54) is 16.7 Å². The number of carbonyl (C=O) groups excluding carboxylic acids is 10. The van der Waals surface area contributed by atoms with E-state index in [2.05, 4.69) is 42.5 Å². The summed E-state index contributed by atoms with van der Waals surface area (Å²) >= 11 is 0. The maximum atomic E-state index is 15.5. The van der Waals surface area contributed by atoms with Crippen LogP contribution < -0.4 is 53.8 Å². The predicted octanol–water partition coefficient (Wildman–Crippen LogP) is -0.674. The van der Waals surface area contributed by atoms with Crippen molar-refractivity contribution < 1.29 is 91.7 Å². The number of aromatic nitrogens is 2. The van der Waals surface area contributed by atoms with Gasteiger partial charge in [-0.1, -0.05) is 85.8 Å². The number of esters is 1. The molecule has 5 aliphatic rings. The Labute approximate surface area is 575 Å². The number of aryl methyl sites for hydroxylation is 1. The number of hydrogen-bond donors (Lipinski definition) is 13. The van der Waals surface area contributed by atoms with Gasteiger partial charge >= 0.3 is 12.1 Å². The lowest BCUT2D eigenvalue weighted by Crippen LogP contribution is -2.53. The molecule has 1 fully saturated rings. The van der Waals surface area contributed by atoms with E-state index in [-0.39, 0.29) is 92.4 Å². The summed E-state index contributed by atoms with van der Waals surface area (Å²) in [5, 5.41) is 63.3. The fourth-order valence-electron chi connectivity index (χ4n) is 13.6. The second-order valence-corrected chi connectivity index (χ2v) is 25.2. The van der Waals surface area contributed by atoms with Gasteiger partial charge < -0.3 is 92.2 Å². The second-order valence-electron chi connectivity index (χ2n) is 25.2. The molecular formula is C70H76FN11O19. The topological polar surface area (TPSA) is 446 Å². The van der Waals surface area contributed by atoms with Crippen molar-refractivity contribution in [3.63, 3.8) is 0 Å². The van der Waals surface area contributed by atoms with Gasteiger partial charge in [-0.3, -0.25) is 43.2 Å². The van der Waals surface area contributed by atoms with Gasteiger partial charge in [-0.05, 0) is 83.2 Å². The van der Waals surface area contributed by atoms with Gasteiger partial charge in [0.1, 0.15) is 56.2 Å². The molecule has 4 aromatic carbocycles. The summed E-state index contributed by atoms with van der Waals surface area (Å²) in [6, 6.07) is 22.9. The third-order valence-electron chi connectivity index (χ3n) is 18.9. The number of alkyl carbamates (subject to hydrolysis) is 1. The minimum absolute atomic E-state index is 0.0296. The average molecular weight is 1390 g/mol. The van der Waals surface area contributed by atoms with E-state index >= 15 is 4.39 Å². The Morgan fingerprint density at radius 2 is 1.43 bits per heavy atom. The van der Waals surface area contributed by atoms with Crippen molar-refractivity contribution in [2.45, 2.75) is 132 Å². The van der Waals surface area contributed by atoms with E-state index in [4.69, 9.17) is 29.7 Å². The Morgan fingerprint density at radius 1 is 0.772 bits per heavy atom. The van der Waals surface area contributed by atoms with Crippen LogP contribution in [0.2, 0.25) is 0 Å². The number of aliphatic hydroxyl groups is 4. The monoisotopic (exact) mass is 1390 g/mol. The zero-order valence-corrected chi connectivity index (χ0v) is 54.9. The van der Waals surface area contributed by atoms with Gasteiger partial charge in [0.25, 0.3) is 11.5 Å². The van der Waals surface area contributed by atoms with Gasteiger partial charge in [-0.25, -0.2) is 19.0 Å². The van der Waals surface area contributed by atoms with Gasteiger partial charge in [0.05, 0.1) is 73.8 Å². The molecule has 9 amide bonds. The lowest BCUT2D eigenvalue weighted by molar-refractivity contribution is -0.172. The largest absolute Gasteiger partial charge is 0.458 e. The number of amides is 9. The molecule has 30 nitrogen and oxygen atoms in total. The van der Waals surface area contributed by atoms with Crippen molar-refractivity contribution in [2.75, 3.05) is 46.1 Å². The molecule has 2 aromatic heterocycles. The van der Waals surface area contributed by atoms with E-state index in [1.807, 2.05) is 48.5 Å². The summed E-state index contributed by atoms with van der Waals surface area (Å²) < 4.78 is 39.0. The molecule has 0 unspecified atom stereocenters. The highest BCUT2D eigenvalue weighted by Crippen LogP contribution is 2.47. The Bertz CT molecular complexity index is 4300. The van der Waals surface area contributed by atoms with Crippen LogP contribution in [0.4, 0.5) is 9.18 Å². The molecule has 5 heterocycles. The minimum atomic E-state index is -2.11. The lowest BCUT2D eigenvalue weighted by atomic mass is 9.81. The Kier molecular flexibility index (Phi) is 21.9. The van der Waals surface area contributed by atoms with Crippen LogP contribution in [0.25, 0.3) is 33.4 Å². The molecule has 0 radical (unpaired) electrons. The number of fused-ring (bicyclic) bond motifs is 8. The highest BCUT2D eigenvalue weighted by atomic mass is 19.1. The van der Waals surface area contributed by atoms with Crippen LogP contribution >= 0.6 is 0 Å². The first-order valence-corrected chi connectivity index (χ1v) is 32.9. The molecule has 101 heavy (non-hydrogen) atoms. The lowest BCUT2D eigenvalue weighted by Gasteiger charge is -2.31. The summed E-state index contributed by atoms with van der Waals surface area (Å²) in [5.74, 6) is -8.34. The van der Waals surface area contributed by atoms with Crippen molar-refractivity contribution in [3.8, 4) is 22.5 Å². The molecule has 1 saturated heterocycles. The summed E-state index contributed by atoms with van der Waals surface area (Å²) in [5.41, 5.74) is 10.0. The maximum Gasteiger partial charge on any atom is 0.407 e. The van der Waals surface area contributed by atoms with Crippen LogP contribution in [-0.4, -0.2) is 178 Å². The highest BCUT2D eigenvalue weighted by molar-refractivity contribution is 5.96. The molecule has 2 aliphatic carbocycles. The smallest absolute Gasteiger partial charge is 0.407 e. The number of hydrogen-bond acceptors (Lipinski definition) is 20. The third kappa shape index (κ3) is 15.4. The number of nitrogens with zero attached hydrogens (tertiary/aromatic N) is 2. The molecule has 11 rings (SSSR count). The zero-order valence-electron chi connectivity index (χ0n) is 54.9. The van der Waals surface area contributed by atoms with Gasteiger partial charge in [0.2, 0.25) is 41.4 Å². The van der Waals surface area contributed by atoms with Crippen LogP contribution in [0.1, 0.15) is 101 Å². The first kappa shape index (κ1) is 71.7. The second kappa shape index (κ2) is 30.9. The number of ether oxygens (including phenoxy) is 4. The number of pyridine rings is 2. The summed E-state index contributed by atoms with van der Waals surface area (Å²) in [6.07, 6.45) is -8.49. The normalized spacial score (nSPS) is 19.9. The number of cyclic esters (lactones) is 1. The number of halogens is 1. The molecule has 0 bridgehead atoms. The molecule has 0 spiro atoms. The van der Waals surface area contributed by atoms with Gasteiger partial charge in [-0.15, -0.1) is 0 Å². The van der Waals surface area contributed by atoms with Crippen molar-refractivity contribution in [2.24, 2.45) is 5.73 Å². The maximum absolute atomic E-state index is 15.5. The Morgan fingerprint density at radius 3 is 2.11 bits per heavy atom. The average Bonchev–Trinajstić information content (AvgIpc) is 1.61. The number of carbonyl (C=O) groups is 10. The summed E-state index contributed by atoms with van der Waals surface area (Å²) in [6.45, 7) is -1.23. The van der Waals surface area contributed by atoms with Crippen LogP contribution in [0.5, 0.6) is 0 Å². The van der Waals surface area contributed by atoms with Crippen molar-refractivity contribution in [3.05, 3.63) is 157 Å².